The molecule has 2 heterocycles. The van der Waals surface area contributed by atoms with E-state index in [1.165, 1.54) is 0 Å². The minimum Gasteiger partial charge on any atom is -0.430 e. The van der Waals surface area contributed by atoms with Gasteiger partial charge in [-0.2, -0.15) is 0 Å². The van der Waals surface area contributed by atoms with Crippen LogP contribution in [-0.4, -0.2) is 37.7 Å². The molecule has 0 spiro atoms. The Labute approximate surface area is 80.1 Å². The van der Waals surface area contributed by atoms with Crippen LogP contribution in [0.1, 0.15) is 12.8 Å². The normalized spacial score (nSPS) is 30.6. The highest BCUT2D eigenvalue weighted by molar-refractivity contribution is 5.62. The molecule has 2 fully saturated rings. The van der Waals surface area contributed by atoms with Crippen LogP contribution in [0.15, 0.2) is 0 Å². The average Bonchev–Trinajstić information content (AvgIpc) is 2.72. The fourth-order valence-electron chi connectivity index (χ4n) is 1.39. The molecule has 2 saturated heterocycles. The third-order valence-electron chi connectivity index (χ3n) is 2.11. The highest BCUT2D eigenvalue weighted by Gasteiger charge is 2.29. The van der Waals surface area contributed by atoms with Gasteiger partial charge in [-0.05, 0) is 12.8 Å². The first-order valence-corrected chi connectivity index (χ1v) is 4.41. The fourth-order valence-corrected chi connectivity index (χ4v) is 1.39. The van der Waals surface area contributed by atoms with Gasteiger partial charge in [0.05, 0.1) is 0 Å². The lowest BCUT2D eigenvalue weighted by Crippen LogP contribution is -2.16. The van der Waals surface area contributed by atoms with E-state index in [9.17, 15) is 9.59 Å². The zero-order valence-electron chi connectivity index (χ0n) is 7.43. The second-order valence-electron chi connectivity index (χ2n) is 3.18. The van der Waals surface area contributed by atoms with Gasteiger partial charge in [0.25, 0.3) is 0 Å². The highest BCUT2D eigenvalue weighted by atomic mass is 16.8. The summed E-state index contributed by atoms with van der Waals surface area (Å²) in [6.07, 6.45) is -0.465. The summed E-state index contributed by atoms with van der Waals surface area (Å²) in [6.45, 7) is 0.556. The zero-order valence-corrected chi connectivity index (χ0v) is 7.43. The summed E-state index contributed by atoms with van der Waals surface area (Å²) < 4.78 is 18.8. The monoisotopic (exact) mass is 202 g/mol. The number of rotatable bonds is 3. The van der Waals surface area contributed by atoms with Crippen LogP contribution in [0.2, 0.25) is 0 Å². The Bertz CT molecular complexity index is 224. The molecular weight excluding hydrogens is 192 g/mol. The van der Waals surface area contributed by atoms with Crippen LogP contribution in [-0.2, 0) is 18.9 Å². The van der Waals surface area contributed by atoms with Crippen molar-refractivity contribution in [1.82, 2.24) is 0 Å². The van der Waals surface area contributed by atoms with E-state index in [2.05, 4.69) is 9.47 Å². The summed E-state index contributed by atoms with van der Waals surface area (Å²) >= 11 is 0. The largest absolute Gasteiger partial charge is 0.508 e. The molecule has 0 radical (unpaired) electrons. The molecule has 2 unspecified atom stereocenters. The highest BCUT2D eigenvalue weighted by Crippen LogP contribution is 2.17. The molecule has 2 atom stereocenters. The molecule has 0 saturated carbocycles. The van der Waals surface area contributed by atoms with Crippen molar-refractivity contribution in [3.8, 4) is 0 Å². The van der Waals surface area contributed by atoms with Crippen LogP contribution < -0.4 is 0 Å². The van der Waals surface area contributed by atoms with Gasteiger partial charge in [0.15, 0.2) is 0 Å². The first-order chi connectivity index (χ1) is 6.74. The SMILES string of the molecule is O=C1OCC(CCC2COC(=O)O2)O1. The van der Waals surface area contributed by atoms with Crippen LogP contribution in [0.3, 0.4) is 0 Å². The van der Waals surface area contributed by atoms with Crippen molar-refractivity contribution in [2.75, 3.05) is 13.2 Å². The molecule has 2 rings (SSSR count). The molecule has 0 N–H and O–H groups in total. The Kier molecular flexibility index (Phi) is 2.43. The van der Waals surface area contributed by atoms with Crippen LogP contribution in [0.4, 0.5) is 9.59 Å². The lowest BCUT2D eigenvalue weighted by molar-refractivity contribution is 0.0992. The summed E-state index contributed by atoms with van der Waals surface area (Å²) in [5.74, 6) is 0. The maximum Gasteiger partial charge on any atom is 0.508 e. The van der Waals surface area contributed by atoms with Gasteiger partial charge >= 0.3 is 12.3 Å². The predicted molar refractivity (Wildman–Crippen MR) is 41.7 cm³/mol. The smallest absolute Gasteiger partial charge is 0.430 e. The number of ether oxygens (including phenoxy) is 4. The van der Waals surface area contributed by atoms with Gasteiger partial charge in [-0.3, -0.25) is 0 Å². The maximum atomic E-state index is 10.5. The van der Waals surface area contributed by atoms with Crippen LogP contribution in [0, 0.1) is 0 Å². The van der Waals surface area contributed by atoms with Crippen molar-refractivity contribution in [1.29, 1.82) is 0 Å². The van der Waals surface area contributed by atoms with Crippen molar-refractivity contribution in [3.63, 3.8) is 0 Å². The molecule has 78 valence electrons. The quantitative estimate of drug-likeness (QED) is 0.631. The molecule has 6 heteroatoms. The summed E-state index contributed by atoms with van der Waals surface area (Å²) in [6, 6.07) is 0. The van der Waals surface area contributed by atoms with Crippen molar-refractivity contribution in [3.05, 3.63) is 0 Å². The third-order valence-corrected chi connectivity index (χ3v) is 2.11. The average molecular weight is 202 g/mol. The van der Waals surface area contributed by atoms with Gasteiger partial charge in [-0.1, -0.05) is 0 Å². The molecule has 6 nitrogen and oxygen atoms in total. The minimum atomic E-state index is -0.630. The topological polar surface area (TPSA) is 71.1 Å². The van der Waals surface area contributed by atoms with E-state index in [4.69, 9.17) is 9.47 Å². The molecule has 0 aromatic heterocycles. The standard InChI is InChI=1S/C8H10O6/c9-7-11-3-5(13-7)1-2-6-4-12-8(10)14-6/h5-6H,1-4H2. The third kappa shape index (κ3) is 2.07. The molecule has 0 amide bonds. The Morgan fingerprint density at radius 3 is 1.64 bits per heavy atom. The van der Waals surface area contributed by atoms with Gasteiger partial charge in [0.2, 0.25) is 0 Å². The van der Waals surface area contributed by atoms with E-state index >= 15 is 0 Å². The molecular formula is C8H10O6. The van der Waals surface area contributed by atoms with Gasteiger partial charge < -0.3 is 18.9 Å². The van der Waals surface area contributed by atoms with Gasteiger partial charge in [-0.25, -0.2) is 9.59 Å². The molecule has 2 aliphatic rings. The molecule has 14 heavy (non-hydrogen) atoms. The van der Waals surface area contributed by atoms with E-state index in [0.717, 1.165) is 0 Å². The van der Waals surface area contributed by atoms with E-state index in [1.807, 2.05) is 0 Å². The second kappa shape index (κ2) is 3.73. The van der Waals surface area contributed by atoms with Gasteiger partial charge in [0, 0.05) is 0 Å². The zero-order chi connectivity index (χ0) is 9.97. The molecule has 0 aliphatic carbocycles. The Hall–Kier alpha value is -1.46. The van der Waals surface area contributed by atoms with E-state index in [0.29, 0.717) is 12.8 Å². The molecule has 0 aromatic carbocycles. The summed E-state index contributed by atoms with van der Waals surface area (Å²) in [5.41, 5.74) is 0. The number of hydrogen-bond acceptors (Lipinski definition) is 6. The van der Waals surface area contributed by atoms with Crippen molar-refractivity contribution in [2.45, 2.75) is 25.0 Å². The Morgan fingerprint density at radius 2 is 1.36 bits per heavy atom. The lowest BCUT2D eigenvalue weighted by atomic mass is 10.1. The number of hydrogen-bond donors (Lipinski definition) is 0. The van der Waals surface area contributed by atoms with E-state index in [1.54, 1.807) is 0 Å². The fraction of sp³-hybridized carbons (Fsp3) is 0.750. The Morgan fingerprint density at radius 1 is 0.929 bits per heavy atom. The summed E-state index contributed by atoms with van der Waals surface area (Å²) in [5, 5.41) is 0. The first-order valence-electron chi connectivity index (χ1n) is 4.41. The van der Waals surface area contributed by atoms with Crippen LogP contribution in [0.5, 0.6) is 0 Å². The van der Waals surface area contributed by atoms with Gasteiger partial charge in [-0.15, -0.1) is 0 Å². The molecule has 0 aromatic rings. The number of cyclic esters (lactones) is 4. The number of carbonyl (C=O) groups is 2. The maximum absolute atomic E-state index is 10.5. The van der Waals surface area contributed by atoms with Crippen LogP contribution in [0.25, 0.3) is 0 Å². The summed E-state index contributed by atoms with van der Waals surface area (Å²) in [4.78, 5) is 21.1. The number of carbonyl (C=O) groups excluding carboxylic acids is 2. The van der Waals surface area contributed by atoms with E-state index in [-0.39, 0.29) is 25.4 Å². The van der Waals surface area contributed by atoms with Crippen LogP contribution >= 0.6 is 0 Å². The lowest BCUT2D eigenvalue weighted by Gasteiger charge is -2.08. The minimum absolute atomic E-state index is 0.221. The predicted octanol–water partition coefficient (Wildman–Crippen LogP) is 0.837. The Balaban J connectivity index is 1.67. The first kappa shape index (κ1) is 9.11. The molecule has 2 aliphatic heterocycles. The van der Waals surface area contributed by atoms with Crippen molar-refractivity contribution < 1.29 is 28.5 Å². The van der Waals surface area contributed by atoms with E-state index < -0.39 is 12.3 Å². The second-order valence-corrected chi connectivity index (χ2v) is 3.18. The van der Waals surface area contributed by atoms with Crippen molar-refractivity contribution in [2.24, 2.45) is 0 Å². The molecule has 0 bridgehead atoms. The summed E-state index contributed by atoms with van der Waals surface area (Å²) in [7, 11) is 0. The van der Waals surface area contributed by atoms with Gasteiger partial charge in [0.1, 0.15) is 25.4 Å². The van der Waals surface area contributed by atoms with Crippen molar-refractivity contribution >= 4 is 12.3 Å².